The van der Waals surface area contributed by atoms with Gasteiger partial charge in [-0.1, -0.05) is 28.8 Å². The third-order valence-corrected chi connectivity index (χ3v) is 3.36. The van der Waals surface area contributed by atoms with Crippen molar-refractivity contribution in [1.82, 2.24) is 0 Å². The van der Waals surface area contributed by atoms with Crippen molar-refractivity contribution in [3.63, 3.8) is 0 Å². The lowest BCUT2D eigenvalue weighted by Crippen LogP contribution is -2.11. The smallest absolute Gasteiger partial charge is 0.123 e. The maximum absolute atomic E-state index is 13.0. The number of hydrogen-bond acceptors (Lipinski definition) is 1. The van der Waals surface area contributed by atoms with Gasteiger partial charge in [-0.05, 0) is 36.1 Å². The molecule has 1 aromatic rings. The molecule has 2 N–H and O–H groups in total. The molecule has 0 unspecified atom stereocenters. The van der Waals surface area contributed by atoms with Crippen LogP contribution in [-0.2, 0) is 0 Å². The van der Waals surface area contributed by atoms with E-state index in [1.165, 1.54) is 25.0 Å². The van der Waals surface area contributed by atoms with Gasteiger partial charge in [0.1, 0.15) is 5.82 Å². The van der Waals surface area contributed by atoms with Gasteiger partial charge < -0.3 is 5.73 Å². The number of hydrogen-bond donors (Lipinski definition) is 1. The summed E-state index contributed by atoms with van der Waals surface area (Å²) in [5.41, 5.74) is 6.90. The molecule has 1 atom stereocenters. The first-order valence-electron chi connectivity index (χ1n) is 4.87. The fraction of sp³-hybridized carbons (Fsp3) is 0.455. The van der Waals surface area contributed by atoms with Gasteiger partial charge in [0.25, 0.3) is 0 Å². The van der Waals surface area contributed by atoms with Gasteiger partial charge in [-0.15, -0.1) is 0 Å². The van der Waals surface area contributed by atoms with Crippen LogP contribution in [0.4, 0.5) is 4.39 Å². The van der Waals surface area contributed by atoms with Gasteiger partial charge in [-0.3, -0.25) is 0 Å². The van der Waals surface area contributed by atoms with Gasteiger partial charge in [-0.25, -0.2) is 4.39 Å². The van der Waals surface area contributed by atoms with Crippen molar-refractivity contribution >= 4 is 15.9 Å². The molecule has 0 aromatic heterocycles. The van der Waals surface area contributed by atoms with Crippen LogP contribution in [0.15, 0.2) is 22.7 Å². The zero-order valence-electron chi connectivity index (χ0n) is 7.84. The van der Waals surface area contributed by atoms with Crippen LogP contribution < -0.4 is 5.73 Å². The highest BCUT2D eigenvalue weighted by Crippen LogP contribution is 2.38. The van der Waals surface area contributed by atoms with Crippen molar-refractivity contribution in [2.45, 2.75) is 25.3 Å². The Morgan fingerprint density at radius 1 is 1.50 bits per heavy atom. The Bertz CT molecular complexity index is 336. The molecule has 14 heavy (non-hydrogen) atoms. The monoisotopic (exact) mass is 257 g/mol. The number of benzene rings is 1. The lowest BCUT2D eigenvalue weighted by molar-refractivity contribution is 0.581. The van der Waals surface area contributed by atoms with Crippen molar-refractivity contribution < 1.29 is 4.39 Å². The lowest BCUT2D eigenvalue weighted by atomic mass is 10.0. The normalized spacial score (nSPS) is 18.2. The maximum Gasteiger partial charge on any atom is 0.123 e. The third kappa shape index (κ3) is 2.34. The summed E-state index contributed by atoms with van der Waals surface area (Å²) >= 11 is 3.39. The third-order valence-electron chi connectivity index (χ3n) is 2.64. The Kier molecular flexibility index (Phi) is 2.88. The zero-order valence-corrected chi connectivity index (χ0v) is 9.43. The molecule has 1 nitrogen and oxygen atoms in total. The predicted molar refractivity (Wildman–Crippen MR) is 58.4 cm³/mol. The van der Waals surface area contributed by atoms with E-state index >= 15 is 0 Å². The molecule has 1 aromatic carbocycles. The molecule has 0 bridgehead atoms. The zero-order chi connectivity index (χ0) is 10.1. The van der Waals surface area contributed by atoms with Crippen molar-refractivity contribution in [2.75, 3.05) is 0 Å². The quantitative estimate of drug-likeness (QED) is 0.883. The predicted octanol–water partition coefficient (Wildman–Crippen LogP) is 3.39. The van der Waals surface area contributed by atoms with Gasteiger partial charge in [0.05, 0.1) is 0 Å². The molecule has 1 aliphatic carbocycles. The largest absolute Gasteiger partial charge is 0.324 e. The average molecular weight is 258 g/mol. The second-order valence-corrected chi connectivity index (χ2v) is 4.81. The highest BCUT2D eigenvalue weighted by Gasteiger charge is 2.25. The van der Waals surface area contributed by atoms with Crippen LogP contribution >= 0.6 is 15.9 Å². The molecule has 1 saturated carbocycles. The summed E-state index contributed by atoms with van der Waals surface area (Å²) in [6, 6.07) is 4.65. The molecule has 0 spiro atoms. The van der Waals surface area contributed by atoms with E-state index in [-0.39, 0.29) is 11.9 Å². The molecule has 3 heteroatoms. The Balaban J connectivity index is 2.15. The number of nitrogens with two attached hydrogens (primary N) is 1. The molecule has 0 aliphatic heterocycles. The minimum Gasteiger partial charge on any atom is -0.324 e. The SMILES string of the molecule is N[C@@H](CC1CC1)c1cc(F)ccc1Br. The first-order valence-corrected chi connectivity index (χ1v) is 5.66. The van der Waals surface area contributed by atoms with Gasteiger partial charge in [0.2, 0.25) is 0 Å². The fourth-order valence-corrected chi connectivity index (χ4v) is 2.18. The summed E-state index contributed by atoms with van der Waals surface area (Å²) in [6.45, 7) is 0. The summed E-state index contributed by atoms with van der Waals surface area (Å²) in [5, 5.41) is 0. The minimum absolute atomic E-state index is 0.0347. The van der Waals surface area contributed by atoms with Gasteiger partial charge in [-0.2, -0.15) is 0 Å². The summed E-state index contributed by atoms with van der Waals surface area (Å²) in [4.78, 5) is 0. The van der Waals surface area contributed by atoms with Crippen molar-refractivity contribution in [3.8, 4) is 0 Å². The molecule has 1 fully saturated rings. The first kappa shape index (κ1) is 10.1. The van der Waals surface area contributed by atoms with Crippen molar-refractivity contribution in [1.29, 1.82) is 0 Å². The Morgan fingerprint density at radius 3 is 2.86 bits per heavy atom. The van der Waals surface area contributed by atoms with E-state index in [4.69, 9.17) is 5.73 Å². The second kappa shape index (κ2) is 3.99. The Labute approximate surface area is 91.6 Å². The van der Waals surface area contributed by atoms with Crippen LogP contribution in [0, 0.1) is 11.7 Å². The summed E-state index contributed by atoms with van der Waals surface area (Å²) in [6.07, 6.45) is 3.53. The van der Waals surface area contributed by atoms with Gasteiger partial charge in [0.15, 0.2) is 0 Å². The molecule has 0 amide bonds. The minimum atomic E-state index is -0.213. The molecule has 0 saturated heterocycles. The highest BCUT2D eigenvalue weighted by molar-refractivity contribution is 9.10. The van der Waals surface area contributed by atoms with E-state index in [0.717, 1.165) is 22.4 Å². The molecule has 0 heterocycles. The lowest BCUT2D eigenvalue weighted by Gasteiger charge is -2.13. The average Bonchev–Trinajstić information content (AvgIpc) is 2.93. The highest BCUT2D eigenvalue weighted by atomic mass is 79.9. The van der Waals surface area contributed by atoms with E-state index in [0.29, 0.717) is 0 Å². The molecular weight excluding hydrogens is 245 g/mol. The summed E-state index contributed by atoms with van der Waals surface area (Å²) in [7, 11) is 0. The molecule has 2 rings (SSSR count). The molecular formula is C11H13BrFN. The topological polar surface area (TPSA) is 26.0 Å². The van der Waals surface area contributed by atoms with E-state index in [9.17, 15) is 4.39 Å². The van der Waals surface area contributed by atoms with Crippen LogP contribution in [0.2, 0.25) is 0 Å². The molecule has 1 aliphatic rings. The van der Waals surface area contributed by atoms with Crippen LogP contribution in [0.3, 0.4) is 0 Å². The van der Waals surface area contributed by atoms with Gasteiger partial charge in [0, 0.05) is 10.5 Å². The van der Waals surface area contributed by atoms with E-state index in [1.807, 2.05) is 0 Å². The standard InChI is InChI=1S/C11H13BrFN/c12-10-4-3-8(13)6-9(10)11(14)5-7-1-2-7/h3-4,6-7,11H,1-2,5,14H2/t11-/m0/s1. The van der Waals surface area contributed by atoms with Crippen LogP contribution in [0.25, 0.3) is 0 Å². The fourth-order valence-electron chi connectivity index (χ4n) is 1.64. The van der Waals surface area contributed by atoms with E-state index < -0.39 is 0 Å². The number of halogens is 2. The summed E-state index contributed by atoms with van der Waals surface area (Å²) < 4.78 is 13.9. The molecule has 76 valence electrons. The Morgan fingerprint density at radius 2 is 2.21 bits per heavy atom. The van der Waals surface area contributed by atoms with Crippen molar-refractivity contribution in [2.24, 2.45) is 11.7 Å². The van der Waals surface area contributed by atoms with Crippen LogP contribution in [0.1, 0.15) is 30.9 Å². The molecule has 0 radical (unpaired) electrons. The second-order valence-electron chi connectivity index (χ2n) is 3.95. The summed E-state index contributed by atoms with van der Waals surface area (Å²) in [5.74, 6) is 0.551. The van der Waals surface area contributed by atoms with Gasteiger partial charge >= 0.3 is 0 Å². The van der Waals surface area contributed by atoms with Crippen molar-refractivity contribution in [3.05, 3.63) is 34.1 Å². The van der Waals surface area contributed by atoms with E-state index in [2.05, 4.69) is 15.9 Å². The maximum atomic E-state index is 13.0. The van der Waals surface area contributed by atoms with Crippen LogP contribution in [0.5, 0.6) is 0 Å². The van der Waals surface area contributed by atoms with Crippen LogP contribution in [-0.4, -0.2) is 0 Å². The van der Waals surface area contributed by atoms with E-state index in [1.54, 1.807) is 6.07 Å². The number of rotatable bonds is 3. The Hall–Kier alpha value is -0.410. The first-order chi connectivity index (χ1) is 6.66.